The van der Waals surface area contributed by atoms with Crippen molar-refractivity contribution >= 4 is 23.4 Å². The third kappa shape index (κ3) is 6.75. The third-order valence-corrected chi connectivity index (χ3v) is 4.65. The van der Waals surface area contributed by atoms with E-state index in [0.717, 1.165) is 0 Å². The Labute approximate surface area is 175 Å². The number of para-hydroxylation sites is 1. The molecule has 0 aromatic heterocycles. The summed E-state index contributed by atoms with van der Waals surface area (Å²) in [7, 11) is 0. The quantitative estimate of drug-likeness (QED) is 0.665. The highest BCUT2D eigenvalue weighted by Gasteiger charge is 2.27. The highest BCUT2D eigenvalue weighted by molar-refractivity contribution is 6.32. The first kappa shape index (κ1) is 22.7. The van der Waals surface area contributed by atoms with E-state index >= 15 is 0 Å². The maximum atomic E-state index is 14.1. The van der Waals surface area contributed by atoms with Gasteiger partial charge in [0, 0.05) is 18.7 Å². The molecule has 156 valence electrons. The normalized spacial score (nSPS) is 11.8. The number of amides is 2. The molecule has 0 saturated heterocycles. The van der Waals surface area contributed by atoms with Crippen LogP contribution in [-0.2, 0) is 16.1 Å². The average molecular weight is 421 g/mol. The molecule has 0 aliphatic heterocycles. The first-order valence-electron chi connectivity index (χ1n) is 9.47. The lowest BCUT2D eigenvalue weighted by Crippen LogP contribution is -2.49. The van der Waals surface area contributed by atoms with Crippen molar-refractivity contribution in [2.24, 2.45) is 5.92 Å². The monoisotopic (exact) mass is 420 g/mol. The zero-order chi connectivity index (χ0) is 21.4. The van der Waals surface area contributed by atoms with Gasteiger partial charge >= 0.3 is 0 Å². The molecule has 0 radical (unpaired) electrons. The SMILES string of the molecule is CC(C)CNC(=O)[C@H](C)N(Cc1ccccc1F)C(=O)COc1ccccc1Cl. The molecule has 0 aliphatic rings. The van der Waals surface area contributed by atoms with Crippen LogP contribution in [0.4, 0.5) is 4.39 Å². The predicted molar refractivity (Wildman–Crippen MR) is 111 cm³/mol. The van der Waals surface area contributed by atoms with E-state index in [-0.39, 0.29) is 25.0 Å². The van der Waals surface area contributed by atoms with Gasteiger partial charge in [-0.25, -0.2) is 4.39 Å². The van der Waals surface area contributed by atoms with Gasteiger partial charge in [0.15, 0.2) is 6.61 Å². The Kier molecular flexibility index (Phi) is 8.46. The molecule has 2 amide bonds. The van der Waals surface area contributed by atoms with Gasteiger partial charge in [0.2, 0.25) is 5.91 Å². The van der Waals surface area contributed by atoms with Gasteiger partial charge in [-0.2, -0.15) is 0 Å². The van der Waals surface area contributed by atoms with Crippen LogP contribution in [0.5, 0.6) is 5.75 Å². The van der Waals surface area contributed by atoms with Crippen molar-refractivity contribution in [3.05, 3.63) is 64.9 Å². The minimum atomic E-state index is -0.796. The molecular weight excluding hydrogens is 395 g/mol. The van der Waals surface area contributed by atoms with E-state index < -0.39 is 17.8 Å². The van der Waals surface area contributed by atoms with E-state index in [0.29, 0.717) is 22.9 Å². The molecule has 0 saturated carbocycles. The van der Waals surface area contributed by atoms with Crippen molar-refractivity contribution in [2.75, 3.05) is 13.2 Å². The first-order valence-corrected chi connectivity index (χ1v) is 9.85. The number of nitrogens with zero attached hydrogens (tertiary/aromatic N) is 1. The second-order valence-electron chi connectivity index (χ2n) is 7.15. The smallest absolute Gasteiger partial charge is 0.261 e. The molecule has 2 rings (SSSR count). The van der Waals surface area contributed by atoms with E-state index in [2.05, 4.69) is 5.32 Å². The number of nitrogens with one attached hydrogen (secondary N) is 1. The van der Waals surface area contributed by atoms with Gasteiger partial charge in [0.1, 0.15) is 17.6 Å². The first-order chi connectivity index (χ1) is 13.8. The summed E-state index contributed by atoms with van der Waals surface area (Å²) < 4.78 is 19.7. The standard InChI is InChI=1S/C22H26ClFN2O3/c1-15(2)12-25-22(28)16(3)26(13-17-8-4-6-10-19(17)24)21(27)14-29-20-11-7-5-9-18(20)23/h4-11,15-16H,12-14H2,1-3H3,(H,25,28)/t16-/m0/s1. The molecule has 0 spiro atoms. The van der Waals surface area contributed by atoms with E-state index in [1.165, 1.54) is 11.0 Å². The molecule has 0 heterocycles. The maximum absolute atomic E-state index is 14.1. The Bertz CT molecular complexity index is 844. The van der Waals surface area contributed by atoms with E-state index in [1.54, 1.807) is 49.4 Å². The molecule has 2 aromatic carbocycles. The number of carbonyl (C=O) groups excluding carboxylic acids is 2. The molecule has 29 heavy (non-hydrogen) atoms. The van der Waals surface area contributed by atoms with E-state index in [9.17, 15) is 14.0 Å². The highest BCUT2D eigenvalue weighted by Crippen LogP contribution is 2.23. The Morgan fingerprint density at radius 3 is 2.41 bits per heavy atom. The van der Waals surface area contributed by atoms with Crippen molar-refractivity contribution in [3.63, 3.8) is 0 Å². The van der Waals surface area contributed by atoms with Gasteiger partial charge < -0.3 is 15.0 Å². The fraction of sp³-hybridized carbons (Fsp3) is 0.364. The van der Waals surface area contributed by atoms with Gasteiger partial charge in [-0.3, -0.25) is 9.59 Å². The second kappa shape index (κ2) is 10.8. The number of hydrogen-bond acceptors (Lipinski definition) is 3. The Morgan fingerprint density at radius 2 is 1.76 bits per heavy atom. The van der Waals surface area contributed by atoms with Crippen LogP contribution in [-0.4, -0.2) is 35.9 Å². The highest BCUT2D eigenvalue weighted by atomic mass is 35.5. The van der Waals surface area contributed by atoms with Crippen LogP contribution in [0.2, 0.25) is 5.02 Å². The van der Waals surface area contributed by atoms with Gasteiger partial charge in [0.25, 0.3) is 5.91 Å². The lowest BCUT2D eigenvalue weighted by Gasteiger charge is -2.29. The van der Waals surface area contributed by atoms with E-state index in [1.807, 2.05) is 13.8 Å². The molecule has 7 heteroatoms. The number of benzene rings is 2. The topological polar surface area (TPSA) is 58.6 Å². The zero-order valence-electron chi connectivity index (χ0n) is 16.8. The number of hydrogen-bond donors (Lipinski definition) is 1. The van der Waals surface area contributed by atoms with Gasteiger partial charge in [-0.15, -0.1) is 0 Å². The molecule has 0 bridgehead atoms. The largest absolute Gasteiger partial charge is 0.482 e. The van der Waals surface area contributed by atoms with Crippen LogP contribution in [0.15, 0.2) is 48.5 Å². The van der Waals surface area contributed by atoms with Gasteiger partial charge in [-0.1, -0.05) is 55.8 Å². The van der Waals surface area contributed by atoms with Crippen LogP contribution >= 0.6 is 11.6 Å². The summed E-state index contributed by atoms with van der Waals surface area (Å²) in [6, 6.07) is 12.2. The molecule has 1 atom stereocenters. The maximum Gasteiger partial charge on any atom is 0.261 e. The van der Waals surface area contributed by atoms with Crippen LogP contribution < -0.4 is 10.1 Å². The van der Waals surface area contributed by atoms with Crippen molar-refractivity contribution in [2.45, 2.75) is 33.4 Å². The number of ether oxygens (including phenoxy) is 1. The molecule has 2 aromatic rings. The Morgan fingerprint density at radius 1 is 1.10 bits per heavy atom. The number of halogens is 2. The van der Waals surface area contributed by atoms with Crippen LogP contribution in [0.25, 0.3) is 0 Å². The summed E-state index contributed by atoms with van der Waals surface area (Å²) in [6.07, 6.45) is 0. The second-order valence-corrected chi connectivity index (χ2v) is 7.55. The third-order valence-electron chi connectivity index (χ3n) is 4.34. The summed E-state index contributed by atoms with van der Waals surface area (Å²) in [6.45, 7) is 5.69. The Hall–Kier alpha value is -2.60. The summed E-state index contributed by atoms with van der Waals surface area (Å²) in [5, 5.41) is 3.19. The minimum absolute atomic E-state index is 0.0480. The van der Waals surface area contributed by atoms with Crippen LogP contribution in [0.3, 0.4) is 0 Å². The van der Waals surface area contributed by atoms with Crippen LogP contribution in [0, 0.1) is 11.7 Å². The Balaban J connectivity index is 2.16. The van der Waals surface area contributed by atoms with Crippen molar-refractivity contribution in [3.8, 4) is 5.75 Å². The van der Waals surface area contributed by atoms with Crippen molar-refractivity contribution in [1.29, 1.82) is 0 Å². The summed E-state index contributed by atoms with van der Waals surface area (Å²) >= 11 is 6.06. The summed E-state index contributed by atoms with van der Waals surface area (Å²) in [5.41, 5.74) is 0.321. The van der Waals surface area contributed by atoms with Gasteiger partial charge in [0.05, 0.1) is 5.02 Å². The molecule has 1 N–H and O–H groups in total. The minimum Gasteiger partial charge on any atom is -0.482 e. The lowest BCUT2D eigenvalue weighted by atomic mass is 10.1. The molecule has 5 nitrogen and oxygen atoms in total. The average Bonchev–Trinajstić information content (AvgIpc) is 2.70. The molecule has 0 fully saturated rings. The van der Waals surface area contributed by atoms with Gasteiger partial charge in [-0.05, 0) is 31.0 Å². The number of carbonyl (C=O) groups is 2. The number of rotatable bonds is 9. The molecular formula is C22H26ClFN2O3. The van der Waals surface area contributed by atoms with Crippen molar-refractivity contribution < 1.29 is 18.7 Å². The molecule has 0 unspecified atom stereocenters. The zero-order valence-corrected chi connectivity index (χ0v) is 17.6. The summed E-state index contributed by atoms with van der Waals surface area (Å²) in [5.74, 6) is -0.552. The molecule has 0 aliphatic carbocycles. The fourth-order valence-electron chi connectivity index (χ4n) is 2.63. The summed E-state index contributed by atoms with van der Waals surface area (Å²) in [4.78, 5) is 26.7. The fourth-order valence-corrected chi connectivity index (χ4v) is 2.82. The lowest BCUT2D eigenvalue weighted by molar-refractivity contribution is -0.142. The van der Waals surface area contributed by atoms with Crippen molar-refractivity contribution in [1.82, 2.24) is 10.2 Å². The predicted octanol–water partition coefficient (Wildman–Crippen LogP) is 4.05. The van der Waals surface area contributed by atoms with E-state index in [4.69, 9.17) is 16.3 Å². The van der Waals surface area contributed by atoms with Crippen LogP contribution in [0.1, 0.15) is 26.3 Å².